The summed E-state index contributed by atoms with van der Waals surface area (Å²) in [4.78, 5) is 4.22. The Hall–Kier alpha value is -0.100. The molecule has 0 fully saturated rings. The standard InChI is InChI=1S/C10H18N2OS2/c1-9(8-13-2)11-4-3-6-14-10-12-5-7-15-10/h5,7,9,11H,3-4,6,8H2,1-2H3. The largest absolute Gasteiger partial charge is 0.383 e. The number of nitrogens with zero attached hydrogens (tertiary/aromatic N) is 1. The first kappa shape index (κ1) is 13.0. The molecule has 0 radical (unpaired) electrons. The van der Waals surface area contributed by atoms with Gasteiger partial charge in [-0.3, -0.25) is 0 Å². The Kier molecular flexibility index (Phi) is 7.00. The van der Waals surface area contributed by atoms with Crippen molar-refractivity contribution in [1.29, 1.82) is 0 Å². The molecule has 1 unspecified atom stereocenters. The van der Waals surface area contributed by atoms with E-state index in [1.54, 1.807) is 18.4 Å². The second-order valence-corrected chi connectivity index (χ2v) is 5.55. The maximum atomic E-state index is 5.04. The van der Waals surface area contributed by atoms with Gasteiger partial charge < -0.3 is 10.1 Å². The summed E-state index contributed by atoms with van der Waals surface area (Å²) in [5.74, 6) is 1.13. The lowest BCUT2D eigenvalue weighted by atomic mass is 10.3. The van der Waals surface area contributed by atoms with E-state index < -0.39 is 0 Å². The van der Waals surface area contributed by atoms with Gasteiger partial charge in [0.05, 0.1) is 6.61 Å². The molecule has 1 rings (SSSR count). The van der Waals surface area contributed by atoms with Crippen molar-refractivity contribution in [2.45, 2.75) is 23.7 Å². The summed E-state index contributed by atoms with van der Waals surface area (Å²) in [5, 5.41) is 5.42. The molecule has 5 heteroatoms. The van der Waals surface area contributed by atoms with Crippen molar-refractivity contribution in [2.75, 3.05) is 26.0 Å². The zero-order valence-electron chi connectivity index (χ0n) is 9.23. The van der Waals surface area contributed by atoms with E-state index in [-0.39, 0.29) is 0 Å². The van der Waals surface area contributed by atoms with Gasteiger partial charge in [0.15, 0.2) is 0 Å². The van der Waals surface area contributed by atoms with E-state index >= 15 is 0 Å². The molecule has 3 nitrogen and oxygen atoms in total. The Morgan fingerprint density at radius 2 is 2.53 bits per heavy atom. The first-order valence-electron chi connectivity index (χ1n) is 5.07. The predicted molar refractivity (Wildman–Crippen MR) is 66.8 cm³/mol. The zero-order valence-corrected chi connectivity index (χ0v) is 10.9. The van der Waals surface area contributed by atoms with E-state index in [4.69, 9.17) is 4.74 Å². The molecule has 1 atom stereocenters. The third kappa shape index (κ3) is 6.14. The molecule has 15 heavy (non-hydrogen) atoms. The van der Waals surface area contributed by atoms with Gasteiger partial charge in [0.1, 0.15) is 4.34 Å². The molecule has 0 aliphatic carbocycles. The fraction of sp³-hybridized carbons (Fsp3) is 0.700. The van der Waals surface area contributed by atoms with Gasteiger partial charge in [-0.1, -0.05) is 11.8 Å². The first-order chi connectivity index (χ1) is 7.33. The Balaban J connectivity index is 1.93. The van der Waals surface area contributed by atoms with Crippen LogP contribution < -0.4 is 5.32 Å². The molecule has 0 amide bonds. The van der Waals surface area contributed by atoms with Gasteiger partial charge in [0.25, 0.3) is 0 Å². The highest BCUT2D eigenvalue weighted by Gasteiger charge is 1.99. The van der Waals surface area contributed by atoms with Gasteiger partial charge in [0.2, 0.25) is 0 Å². The summed E-state index contributed by atoms with van der Waals surface area (Å²) in [5.41, 5.74) is 0. The van der Waals surface area contributed by atoms with Crippen LogP contribution in [0.5, 0.6) is 0 Å². The maximum Gasteiger partial charge on any atom is 0.149 e. The van der Waals surface area contributed by atoms with E-state index in [0.717, 1.165) is 25.3 Å². The highest BCUT2D eigenvalue weighted by molar-refractivity contribution is 8.00. The number of thiazole rings is 1. The molecule has 1 aromatic rings. The minimum absolute atomic E-state index is 0.444. The predicted octanol–water partition coefficient (Wildman–Crippen LogP) is 2.25. The molecule has 0 aliphatic heterocycles. The summed E-state index contributed by atoms with van der Waals surface area (Å²) in [6, 6.07) is 0.444. The minimum Gasteiger partial charge on any atom is -0.383 e. The van der Waals surface area contributed by atoms with Crippen molar-refractivity contribution < 1.29 is 4.74 Å². The molecular weight excluding hydrogens is 228 g/mol. The zero-order chi connectivity index (χ0) is 10.9. The molecule has 1 heterocycles. The quantitative estimate of drug-likeness (QED) is 0.563. The monoisotopic (exact) mass is 246 g/mol. The lowest BCUT2D eigenvalue weighted by Gasteiger charge is -2.11. The number of rotatable bonds is 8. The third-order valence-corrected chi connectivity index (χ3v) is 3.92. The third-order valence-electron chi connectivity index (χ3n) is 1.87. The van der Waals surface area contributed by atoms with Gasteiger partial charge in [-0.2, -0.15) is 0 Å². The van der Waals surface area contributed by atoms with Crippen LogP contribution in [0.1, 0.15) is 13.3 Å². The lowest BCUT2D eigenvalue weighted by Crippen LogP contribution is -2.31. The van der Waals surface area contributed by atoms with Gasteiger partial charge in [0, 0.05) is 30.5 Å². The summed E-state index contributed by atoms with van der Waals surface area (Å²) in [6.45, 7) is 3.96. The molecule has 0 aliphatic rings. The van der Waals surface area contributed by atoms with Crippen LogP contribution in [0.4, 0.5) is 0 Å². The molecule has 1 N–H and O–H groups in total. The van der Waals surface area contributed by atoms with Crippen molar-refractivity contribution in [3.05, 3.63) is 11.6 Å². The number of hydrogen-bond donors (Lipinski definition) is 1. The van der Waals surface area contributed by atoms with Crippen molar-refractivity contribution in [3.8, 4) is 0 Å². The van der Waals surface area contributed by atoms with Gasteiger partial charge >= 0.3 is 0 Å². The first-order valence-corrected chi connectivity index (χ1v) is 6.94. The normalized spacial score (nSPS) is 12.9. The van der Waals surface area contributed by atoms with E-state index in [1.165, 1.54) is 4.34 Å². The topological polar surface area (TPSA) is 34.1 Å². The Bertz CT molecular complexity index is 242. The molecule has 86 valence electrons. The highest BCUT2D eigenvalue weighted by Crippen LogP contribution is 2.20. The van der Waals surface area contributed by atoms with Gasteiger partial charge in [-0.25, -0.2) is 4.98 Å². The number of methoxy groups -OCH3 is 1. The van der Waals surface area contributed by atoms with E-state index in [1.807, 2.05) is 23.3 Å². The number of hydrogen-bond acceptors (Lipinski definition) is 5. The molecule has 0 spiro atoms. The second kappa shape index (κ2) is 8.10. The summed E-state index contributed by atoms with van der Waals surface area (Å²) < 4.78 is 6.21. The van der Waals surface area contributed by atoms with Crippen LogP contribution in [-0.4, -0.2) is 37.0 Å². The van der Waals surface area contributed by atoms with E-state index in [2.05, 4.69) is 17.2 Å². The number of aromatic nitrogens is 1. The Morgan fingerprint density at radius 3 is 3.20 bits per heavy atom. The molecular formula is C10H18N2OS2. The van der Waals surface area contributed by atoms with Crippen molar-refractivity contribution in [1.82, 2.24) is 10.3 Å². The molecule has 0 saturated carbocycles. The van der Waals surface area contributed by atoms with Crippen LogP contribution in [-0.2, 0) is 4.74 Å². The SMILES string of the molecule is COCC(C)NCCCSc1nccs1. The van der Waals surface area contributed by atoms with Crippen LogP contribution in [0.25, 0.3) is 0 Å². The van der Waals surface area contributed by atoms with Crippen LogP contribution >= 0.6 is 23.1 Å². The van der Waals surface area contributed by atoms with Crippen molar-refractivity contribution in [2.24, 2.45) is 0 Å². The van der Waals surface area contributed by atoms with Crippen LogP contribution in [0.3, 0.4) is 0 Å². The molecule has 0 saturated heterocycles. The Morgan fingerprint density at radius 1 is 1.67 bits per heavy atom. The van der Waals surface area contributed by atoms with E-state index in [0.29, 0.717) is 6.04 Å². The average Bonchev–Trinajstić information content (AvgIpc) is 2.70. The number of thioether (sulfide) groups is 1. The highest BCUT2D eigenvalue weighted by atomic mass is 32.2. The lowest BCUT2D eigenvalue weighted by molar-refractivity contribution is 0.172. The van der Waals surface area contributed by atoms with Gasteiger partial charge in [-0.05, 0) is 19.9 Å². The number of nitrogens with one attached hydrogen (secondary N) is 1. The fourth-order valence-corrected chi connectivity index (χ4v) is 2.82. The van der Waals surface area contributed by atoms with Crippen LogP contribution in [0, 0.1) is 0 Å². The summed E-state index contributed by atoms with van der Waals surface area (Å²) in [7, 11) is 1.73. The maximum absolute atomic E-state index is 5.04. The van der Waals surface area contributed by atoms with Crippen LogP contribution in [0.15, 0.2) is 15.9 Å². The fourth-order valence-electron chi connectivity index (χ4n) is 1.17. The van der Waals surface area contributed by atoms with E-state index in [9.17, 15) is 0 Å². The molecule has 0 aromatic carbocycles. The molecule has 0 bridgehead atoms. The summed E-state index contributed by atoms with van der Waals surface area (Å²) in [6.07, 6.45) is 3.02. The Labute approximate surface area is 99.6 Å². The van der Waals surface area contributed by atoms with Crippen LogP contribution in [0.2, 0.25) is 0 Å². The smallest absolute Gasteiger partial charge is 0.149 e. The second-order valence-electron chi connectivity index (χ2n) is 3.31. The van der Waals surface area contributed by atoms with Gasteiger partial charge in [-0.15, -0.1) is 11.3 Å². The summed E-state index contributed by atoms with van der Waals surface area (Å²) >= 11 is 3.54. The van der Waals surface area contributed by atoms with Crippen molar-refractivity contribution >= 4 is 23.1 Å². The van der Waals surface area contributed by atoms with Crippen molar-refractivity contribution in [3.63, 3.8) is 0 Å². The average molecular weight is 246 g/mol. The minimum atomic E-state index is 0.444. The molecule has 1 aromatic heterocycles. The number of ether oxygens (including phenoxy) is 1.